The number of halogens is 4. The Kier molecular flexibility index (Phi) is 7.23. The molecule has 0 saturated carbocycles. The lowest BCUT2D eigenvalue weighted by Crippen LogP contribution is -2.21. The lowest BCUT2D eigenvalue weighted by molar-refractivity contribution is -0.143. The highest BCUT2D eigenvalue weighted by atomic mass is 35.5. The number of aryl methyl sites for hydroxylation is 1. The van der Waals surface area contributed by atoms with Crippen LogP contribution in [0.2, 0.25) is 5.02 Å². The van der Waals surface area contributed by atoms with Crippen LogP contribution < -0.4 is 5.32 Å². The van der Waals surface area contributed by atoms with Gasteiger partial charge in [0.2, 0.25) is 0 Å². The van der Waals surface area contributed by atoms with Crippen molar-refractivity contribution < 1.29 is 22.7 Å². The Labute approximate surface area is 208 Å². The second-order valence-corrected chi connectivity index (χ2v) is 8.12. The van der Waals surface area contributed by atoms with Gasteiger partial charge in [0.05, 0.1) is 51.8 Å². The molecule has 0 aliphatic carbocycles. The summed E-state index contributed by atoms with van der Waals surface area (Å²) in [5.41, 5.74) is -0.870. The molecule has 1 N–H and O–H groups in total. The van der Waals surface area contributed by atoms with Crippen molar-refractivity contribution in [3.05, 3.63) is 70.5 Å². The van der Waals surface area contributed by atoms with Gasteiger partial charge in [0.25, 0.3) is 5.91 Å². The average molecular weight is 518 g/mol. The molecule has 186 valence electrons. The van der Waals surface area contributed by atoms with Crippen molar-refractivity contribution in [1.29, 1.82) is 5.26 Å². The standard InChI is InChI=1S/C23H19ClF3N7O2/c1-36-9-3-2-4-18-17(24)10-14(12-29-18)32-22(35)16-13-31-34(21(16)23(25,26)27)19-6-5-15(11-28)33-20(19)7-8-30-33/h5-8,10,12-13H,2-4,9H2,1H3,(H,32,35). The van der Waals surface area contributed by atoms with E-state index >= 15 is 0 Å². The van der Waals surface area contributed by atoms with Crippen LogP contribution in [0.1, 0.15) is 40.3 Å². The van der Waals surface area contributed by atoms with Crippen molar-refractivity contribution in [2.45, 2.75) is 25.4 Å². The van der Waals surface area contributed by atoms with Gasteiger partial charge in [0.15, 0.2) is 5.69 Å². The summed E-state index contributed by atoms with van der Waals surface area (Å²) in [4.78, 5) is 17.1. The summed E-state index contributed by atoms with van der Waals surface area (Å²) in [5.74, 6) is -1.03. The number of hydrogen-bond donors (Lipinski definition) is 1. The largest absolute Gasteiger partial charge is 0.434 e. The Morgan fingerprint density at radius 2 is 2.03 bits per heavy atom. The number of pyridine rings is 2. The maximum atomic E-state index is 14.1. The highest BCUT2D eigenvalue weighted by Crippen LogP contribution is 2.35. The van der Waals surface area contributed by atoms with E-state index in [0.29, 0.717) is 23.4 Å². The Hall–Kier alpha value is -3.95. The van der Waals surface area contributed by atoms with Crippen molar-refractivity contribution in [3.63, 3.8) is 0 Å². The topological polar surface area (TPSA) is 110 Å². The Bertz CT molecular complexity index is 1460. The molecule has 4 aromatic rings. The molecule has 36 heavy (non-hydrogen) atoms. The molecule has 4 aromatic heterocycles. The number of methoxy groups -OCH3 is 1. The number of nitriles is 1. The zero-order chi connectivity index (χ0) is 25.9. The Morgan fingerprint density at radius 3 is 2.72 bits per heavy atom. The zero-order valence-electron chi connectivity index (χ0n) is 18.9. The molecule has 0 fully saturated rings. The van der Waals surface area contributed by atoms with E-state index < -0.39 is 23.3 Å². The lowest BCUT2D eigenvalue weighted by Gasteiger charge is -2.14. The van der Waals surface area contributed by atoms with Crippen LogP contribution in [0.5, 0.6) is 0 Å². The fourth-order valence-corrected chi connectivity index (χ4v) is 3.95. The summed E-state index contributed by atoms with van der Waals surface area (Å²) < 4.78 is 49.2. The van der Waals surface area contributed by atoms with Crippen LogP contribution in [0.4, 0.5) is 18.9 Å². The number of amides is 1. The van der Waals surface area contributed by atoms with Gasteiger partial charge in [-0.2, -0.15) is 28.6 Å². The van der Waals surface area contributed by atoms with Crippen molar-refractivity contribution in [3.8, 4) is 11.8 Å². The number of carbonyl (C=O) groups is 1. The summed E-state index contributed by atoms with van der Waals surface area (Å²) in [6.07, 6.45) is 0.807. The van der Waals surface area contributed by atoms with Gasteiger partial charge in [-0.05, 0) is 43.5 Å². The molecule has 0 atom stereocenters. The molecule has 4 rings (SSSR count). The van der Waals surface area contributed by atoms with Crippen molar-refractivity contribution in [2.24, 2.45) is 0 Å². The first kappa shape index (κ1) is 25.2. The number of alkyl halides is 3. The van der Waals surface area contributed by atoms with Crippen LogP contribution in [0.15, 0.2) is 42.9 Å². The molecule has 0 saturated heterocycles. The molecule has 0 aromatic carbocycles. The van der Waals surface area contributed by atoms with Gasteiger partial charge in [0.1, 0.15) is 11.8 Å². The van der Waals surface area contributed by atoms with Crippen molar-refractivity contribution in [1.82, 2.24) is 24.4 Å². The summed E-state index contributed by atoms with van der Waals surface area (Å²) >= 11 is 6.26. The van der Waals surface area contributed by atoms with Crippen LogP contribution in [0, 0.1) is 11.3 Å². The average Bonchev–Trinajstić information content (AvgIpc) is 3.50. The van der Waals surface area contributed by atoms with Crippen LogP contribution in [-0.4, -0.2) is 44.0 Å². The number of carbonyl (C=O) groups excluding carboxylic acids is 1. The van der Waals surface area contributed by atoms with Crippen LogP contribution in [0.25, 0.3) is 11.2 Å². The molecular formula is C23H19ClF3N7O2. The fraction of sp³-hybridized carbons (Fsp3) is 0.261. The summed E-state index contributed by atoms with van der Waals surface area (Å²) in [6, 6.07) is 7.44. The first-order valence-electron chi connectivity index (χ1n) is 10.7. The monoisotopic (exact) mass is 517 g/mol. The van der Waals surface area contributed by atoms with Crippen LogP contribution in [0.3, 0.4) is 0 Å². The maximum absolute atomic E-state index is 14.1. The van der Waals surface area contributed by atoms with E-state index in [0.717, 1.165) is 19.0 Å². The van der Waals surface area contributed by atoms with E-state index in [1.165, 1.54) is 41.2 Å². The van der Waals surface area contributed by atoms with Gasteiger partial charge in [-0.3, -0.25) is 9.78 Å². The van der Waals surface area contributed by atoms with E-state index in [-0.39, 0.29) is 27.6 Å². The molecule has 1 amide bonds. The maximum Gasteiger partial charge on any atom is 0.434 e. The Morgan fingerprint density at radius 1 is 1.22 bits per heavy atom. The predicted molar refractivity (Wildman–Crippen MR) is 124 cm³/mol. The molecular weight excluding hydrogens is 499 g/mol. The first-order chi connectivity index (χ1) is 17.2. The summed E-state index contributed by atoms with van der Waals surface area (Å²) in [5, 5.41) is 19.7. The second kappa shape index (κ2) is 10.3. The van der Waals surface area contributed by atoms with E-state index in [1.807, 2.05) is 6.07 Å². The SMILES string of the molecule is COCCCCc1ncc(NC(=O)c2cnn(-c3ccc(C#N)n4nccc34)c2C(F)(F)F)cc1Cl. The molecule has 0 radical (unpaired) electrons. The van der Waals surface area contributed by atoms with Crippen LogP contribution in [-0.2, 0) is 17.3 Å². The van der Waals surface area contributed by atoms with Gasteiger partial charge >= 0.3 is 6.18 Å². The van der Waals surface area contributed by atoms with Crippen LogP contribution >= 0.6 is 11.6 Å². The molecule has 0 aliphatic rings. The molecule has 0 bridgehead atoms. The van der Waals surface area contributed by atoms with E-state index in [4.69, 9.17) is 16.3 Å². The van der Waals surface area contributed by atoms with E-state index in [1.54, 1.807) is 7.11 Å². The van der Waals surface area contributed by atoms with E-state index in [9.17, 15) is 23.2 Å². The first-order valence-corrected chi connectivity index (χ1v) is 11.1. The molecule has 9 nitrogen and oxygen atoms in total. The zero-order valence-corrected chi connectivity index (χ0v) is 19.6. The fourth-order valence-electron chi connectivity index (χ4n) is 3.69. The number of anilines is 1. The minimum Gasteiger partial charge on any atom is -0.385 e. The molecule has 0 spiro atoms. The van der Waals surface area contributed by atoms with Gasteiger partial charge in [-0.15, -0.1) is 0 Å². The third-order valence-corrected chi connectivity index (χ3v) is 5.67. The quantitative estimate of drug-likeness (QED) is 0.340. The number of nitrogens with zero attached hydrogens (tertiary/aromatic N) is 6. The van der Waals surface area contributed by atoms with Crippen molar-refractivity contribution >= 4 is 28.7 Å². The number of unbranched alkanes of at least 4 members (excludes halogenated alkanes) is 1. The highest BCUT2D eigenvalue weighted by Gasteiger charge is 2.41. The summed E-state index contributed by atoms with van der Waals surface area (Å²) in [6.45, 7) is 0.607. The predicted octanol–water partition coefficient (Wildman–Crippen LogP) is 4.68. The third-order valence-electron chi connectivity index (χ3n) is 5.34. The minimum atomic E-state index is -4.92. The number of nitrogens with one attached hydrogen (secondary N) is 1. The third kappa shape index (κ3) is 5.02. The number of rotatable bonds is 8. The second-order valence-electron chi connectivity index (χ2n) is 7.72. The highest BCUT2D eigenvalue weighted by molar-refractivity contribution is 6.31. The molecule has 0 unspecified atom stereocenters. The number of fused-ring (bicyclic) bond motifs is 1. The van der Waals surface area contributed by atoms with Gasteiger partial charge in [-0.25, -0.2) is 9.20 Å². The van der Waals surface area contributed by atoms with Crippen molar-refractivity contribution in [2.75, 3.05) is 19.0 Å². The normalized spacial score (nSPS) is 11.6. The number of hydrogen-bond acceptors (Lipinski definition) is 6. The molecule has 0 aliphatic heterocycles. The number of aromatic nitrogens is 5. The summed E-state index contributed by atoms with van der Waals surface area (Å²) in [7, 11) is 1.61. The van der Waals surface area contributed by atoms with Gasteiger partial charge in [0, 0.05) is 13.7 Å². The smallest absolute Gasteiger partial charge is 0.385 e. The lowest BCUT2D eigenvalue weighted by atomic mass is 10.1. The van der Waals surface area contributed by atoms with Gasteiger partial charge < -0.3 is 10.1 Å². The Balaban J connectivity index is 1.64. The number of ether oxygens (including phenoxy) is 1. The minimum absolute atomic E-state index is 0.000382. The van der Waals surface area contributed by atoms with E-state index in [2.05, 4.69) is 20.5 Å². The van der Waals surface area contributed by atoms with Gasteiger partial charge in [-0.1, -0.05) is 11.6 Å². The molecule has 4 heterocycles. The molecule has 13 heteroatoms.